The average molecular weight is 368 g/mol. The van der Waals surface area contributed by atoms with Crippen LogP contribution in [-0.4, -0.2) is 30.5 Å². The van der Waals surface area contributed by atoms with Crippen molar-refractivity contribution in [1.29, 1.82) is 0 Å². The lowest BCUT2D eigenvalue weighted by Crippen LogP contribution is -2.07. The van der Waals surface area contributed by atoms with E-state index in [1.165, 1.54) is 6.20 Å². The van der Waals surface area contributed by atoms with Crippen LogP contribution in [-0.2, 0) is 0 Å². The van der Waals surface area contributed by atoms with Crippen molar-refractivity contribution in [3.8, 4) is 5.69 Å². The minimum Gasteiger partial charge on any atom is -0.383 e. The number of nitrogen functional groups attached to an aromatic ring is 1. The molecule has 7 heteroatoms. The van der Waals surface area contributed by atoms with Gasteiger partial charge in [-0.25, -0.2) is 9.67 Å². The zero-order valence-corrected chi connectivity index (χ0v) is 15.0. The molecule has 0 atom stereocenters. The SMILES string of the molecule is Cc1nc2ccc(-n3ncc(C(=O)c4cc5c([nH]4)C=CC=C=C5)c3N)cc2[nH]1. The van der Waals surface area contributed by atoms with Gasteiger partial charge in [-0.3, -0.25) is 4.79 Å². The summed E-state index contributed by atoms with van der Waals surface area (Å²) in [6.45, 7) is 1.90. The lowest BCUT2D eigenvalue weighted by atomic mass is 10.1. The molecule has 5 rings (SSSR count). The standard InChI is InChI=1S/C21H16N6O/c1-12-24-17-8-7-14(10-18(17)25-12)27-21(22)15(11-23-27)20(28)19-9-13-5-3-2-4-6-16(13)26-19/h2,4-11,26H,22H2,1H3,(H,24,25). The number of hydrogen-bond acceptors (Lipinski definition) is 4. The summed E-state index contributed by atoms with van der Waals surface area (Å²) in [5.41, 5.74) is 14.4. The van der Waals surface area contributed by atoms with E-state index >= 15 is 0 Å². The number of carbonyl (C=O) groups is 1. The Kier molecular flexibility index (Phi) is 3.44. The first kappa shape index (κ1) is 16.1. The van der Waals surface area contributed by atoms with Gasteiger partial charge in [0.1, 0.15) is 11.6 Å². The van der Waals surface area contributed by atoms with Gasteiger partial charge >= 0.3 is 0 Å². The summed E-state index contributed by atoms with van der Waals surface area (Å²) in [4.78, 5) is 23.7. The number of H-pyrrole nitrogens is 2. The number of fused-ring (bicyclic) bond motifs is 2. The Morgan fingerprint density at radius 1 is 1.25 bits per heavy atom. The van der Waals surface area contributed by atoms with Crippen LogP contribution in [0.1, 0.15) is 33.1 Å². The maximum Gasteiger partial charge on any atom is 0.214 e. The van der Waals surface area contributed by atoms with Crippen molar-refractivity contribution in [1.82, 2.24) is 24.7 Å². The van der Waals surface area contributed by atoms with Gasteiger partial charge in [-0.2, -0.15) is 5.10 Å². The molecule has 0 spiro atoms. The van der Waals surface area contributed by atoms with Gasteiger partial charge in [-0.05, 0) is 49.4 Å². The minimum atomic E-state index is -0.207. The number of rotatable bonds is 3. The number of aryl methyl sites for hydroxylation is 1. The van der Waals surface area contributed by atoms with Gasteiger partial charge in [-0.15, -0.1) is 5.73 Å². The van der Waals surface area contributed by atoms with Gasteiger partial charge in [0.15, 0.2) is 0 Å². The molecule has 1 aliphatic carbocycles. The van der Waals surface area contributed by atoms with E-state index in [0.29, 0.717) is 11.3 Å². The number of imidazole rings is 1. The third-order valence-electron chi connectivity index (χ3n) is 4.70. The molecule has 0 saturated carbocycles. The van der Waals surface area contributed by atoms with Crippen LogP contribution in [0, 0.1) is 6.92 Å². The van der Waals surface area contributed by atoms with Crippen molar-refractivity contribution in [2.45, 2.75) is 6.92 Å². The predicted molar refractivity (Wildman–Crippen MR) is 108 cm³/mol. The van der Waals surface area contributed by atoms with Crippen LogP contribution in [0.25, 0.3) is 28.9 Å². The zero-order chi connectivity index (χ0) is 19.3. The maximum absolute atomic E-state index is 13.0. The largest absolute Gasteiger partial charge is 0.383 e. The molecule has 0 saturated heterocycles. The topological polar surface area (TPSA) is 105 Å². The van der Waals surface area contributed by atoms with Crippen LogP contribution in [0.15, 0.2) is 48.3 Å². The molecular weight excluding hydrogens is 352 g/mol. The number of aromatic amines is 2. The number of aromatic nitrogens is 5. The Balaban J connectivity index is 1.53. The summed E-state index contributed by atoms with van der Waals surface area (Å²) in [5.74, 6) is 0.915. The molecule has 1 aromatic carbocycles. The highest BCUT2D eigenvalue weighted by Gasteiger charge is 2.20. The van der Waals surface area contributed by atoms with Crippen LogP contribution < -0.4 is 5.73 Å². The van der Waals surface area contributed by atoms with Crippen molar-refractivity contribution in [2.24, 2.45) is 0 Å². The smallest absolute Gasteiger partial charge is 0.214 e. The Hall–Kier alpha value is -4.09. The van der Waals surface area contributed by atoms with E-state index in [-0.39, 0.29) is 11.6 Å². The monoisotopic (exact) mass is 368 g/mol. The van der Waals surface area contributed by atoms with E-state index in [0.717, 1.165) is 33.8 Å². The number of nitrogens with two attached hydrogens (primary N) is 1. The van der Waals surface area contributed by atoms with Crippen LogP contribution in [0.4, 0.5) is 5.82 Å². The third-order valence-corrected chi connectivity index (χ3v) is 4.70. The summed E-state index contributed by atoms with van der Waals surface area (Å²) >= 11 is 0. The highest BCUT2D eigenvalue weighted by atomic mass is 16.1. The summed E-state index contributed by atoms with van der Waals surface area (Å²) in [6, 6.07) is 7.47. The van der Waals surface area contributed by atoms with Gasteiger partial charge < -0.3 is 15.7 Å². The van der Waals surface area contributed by atoms with Gasteiger partial charge in [0, 0.05) is 11.3 Å². The molecule has 7 nitrogen and oxygen atoms in total. The second-order valence-corrected chi connectivity index (χ2v) is 6.60. The number of nitrogens with zero attached hydrogens (tertiary/aromatic N) is 3. The van der Waals surface area contributed by atoms with E-state index in [1.807, 2.05) is 49.4 Å². The predicted octanol–water partition coefficient (Wildman–Crippen LogP) is 3.39. The molecule has 1 aliphatic rings. The Bertz CT molecular complexity index is 1340. The molecule has 0 bridgehead atoms. The van der Waals surface area contributed by atoms with Crippen molar-refractivity contribution in [3.63, 3.8) is 0 Å². The summed E-state index contributed by atoms with van der Waals surface area (Å²) in [7, 11) is 0. The second kappa shape index (κ2) is 5.97. The van der Waals surface area contributed by atoms with Crippen LogP contribution >= 0.6 is 0 Å². The highest BCUT2D eigenvalue weighted by Crippen LogP contribution is 2.24. The number of hydrogen-bond donors (Lipinski definition) is 3. The Morgan fingerprint density at radius 3 is 3.04 bits per heavy atom. The van der Waals surface area contributed by atoms with Crippen molar-refractivity contribution in [2.75, 3.05) is 5.73 Å². The molecule has 0 unspecified atom stereocenters. The lowest BCUT2D eigenvalue weighted by Gasteiger charge is -2.05. The second-order valence-electron chi connectivity index (χ2n) is 6.60. The van der Waals surface area contributed by atoms with Crippen LogP contribution in [0.2, 0.25) is 0 Å². The maximum atomic E-state index is 13.0. The van der Waals surface area contributed by atoms with Crippen molar-refractivity contribution >= 4 is 34.8 Å². The number of allylic oxidation sites excluding steroid dienone is 2. The van der Waals surface area contributed by atoms with Gasteiger partial charge in [0.25, 0.3) is 0 Å². The van der Waals surface area contributed by atoms with E-state index in [1.54, 1.807) is 10.7 Å². The number of nitrogens with one attached hydrogen (secondary N) is 2. The molecule has 0 radical (unpaired) electrons. The fourth-order valence-electron chi connectivity index (χ4n) is 3.34. The summed E-state index contributed by atoms with van der Waals surface area (Å²) in [6.07, 6.45) is 8.91. The third kappa shape index (κ3) is 2.50. The fourth-order valence-corrected chi connectivity index (χ4v) is 3.34. The molecule has 4 N–H and O–H groups in total. The highest BCUT2D eigenvalue weighted by molar-refractivity contribution is 6.11. The quantitative estimate of drug-likeness (QED) is 0.381. The Morgan fingerprint density at radius 2 is 2.14 bits per heavy atom. The molecule has 0 aliphatic heterocycles. The first-order valence-corrected chi connectivity index (χ1v) is 8.77. The average Bonchev–Trinajstić information content (AvgIpc) is 3.33. The van der Waals surface area contributed by atoms with E-state index in [4.69, 9.17) is 5.73 Å². The first-order chi connectivity index (χ1) is 13.6. The van der Waals surface area contributed by atoms with E-state index in [9.17, 15) is 4.79 Å². The zero-order valence-electron chi connectivity index (χ0n) is 15.0. The van der Waals surface area contributed by atoms with Crippen molar-refractivity contribution in [3.05, 3.63) is 76.7 Å². The number of carbonyl (C=O) groups excluding carboxylic acids is 1. The number of ketones is 1. The summed E-state index contributed by atoms with van der Waals surface area (Å²) in [5, 5.41) is 4.33. The molecular formula is C21H16N6O. The van der Waals surface area contributed by atoms with Crippen LogP contribution in [0.3, 0.4) is 0 Å². The first-order valence-electron chi connectivity index (χ1n) is 8.77. The van der Waals surface area contributed by atoms with Gasteiger partial charge in [0.2, 0.25) is 5.78 Å². The van der Waals surface area contributed by atoms with Crippen molar-refractivity contribution < 1.29 is 4.79 Å². The molecule has 3 aromatic heterocycles. The fraction of sp³-hybridized carbons (Fsp3) is 0.0476. The molecule has 28 heavy (non-hydrogen) atoms. The summed E-state index contributed by atoms with van der Waals surface area (Å²) < 4.78 is 1.55. The van der Waals surface area contributed by atoms with E-state index in [2.05, 4.69) is 25.8 Å². The van der Waals surface area contributed by atoms with Gasteiger partial charge in [-0.1, -0.05) is 6.08 Å². The Labute approximate surface area is 159 Å². The molecule has 0 fully saturated rings. The van der Waals surface area contributed by atoms with E-state index < -0.39 is 0 Å². The van der Waals surface area contributed by atoms with Crippen LogP contribution in [0.5, 0.6) is 0 Å². The molecule has 0 amide bonds. The molecule has 4 aromatic rings. The number of anilines is 1. The molecule has 3 heterocycles. The minimum absolute atomic E-state index is 0.207. The van der Waals surface area contributed by atoms with Gasteiger partial charge in [0.05, 0.1) is 34.2 Å². The lowest BCUT2D eigenvalue weighted by molar-refractivity contribution is 0.103. The number of benzene rings is 1. The molecule has 136 valence electrons. The normalized spacial score (nSPS) is 12.5.